The predicted octanol–water partition coefficient (Wildman–Crippen LogP) is 9.77. The minimum Gasteiger partial charge on any atom is -0.545 e. The molecule has 9 heteroatoms. The van der Waals surface area contributed by atoms with Crippen molar-refractivity contribution in [1.29, 1.82) is 0 Å². The Kier molecular flexibility index (Phi) is 36.5. The average molecular weight is 796 g/mol. The van der Waals surface area contributed by atoms with Gasteiger partial charge in [-0.1, -0.05) is 130 Å². The third-order valence-corrected chi connectivity index (χ3v) is 8.33. The first kappa shape index (κ1) is 53.2. The van der Waals surface area contributed by atoms with Gasteiger partial charge in [0, 0.05) is 12.8 Å². The van der Waals surface area contributed by atoms with Crippen LogP contribution in [-0.2, 0) is 33.3 Å². The van der Waals surface area contributed by atoms with Crippen LogP contribution in [0.5, 0.6) is 0 Å². The molecule has 0 rings (SSSR count). The Bertz CT molecular complexity index is 1250. The van der Waals surface area contributed by atoms with Crippen molar-refractivity contribution in [2.75, 3.05) is 47.5 Å². The zero-order chi connectivity index (χ0) is 42.1. The second kappa shape index (κ2) is 39.1. The molecule has 0 spiro atoms. The van der Waals surface area contributed by atoms with Crippen molar-refractivity contribution in [1.82, 2.24) is 0 Å². The van der Waals surface area contributed by atoms with E-state index in [0.29, 0.717) is 30.3 Å². The second-order valence-electron chi connectivity index (χ2n) is 14.9. The number of carboxylic acids is 1. The van der Waals surface area contributed by atoms with Crippen molar-refractivity contribution in [2.24, 2.45) is 0 Å². The van der Waals surface area contributed by atoms with Crippen LogP contribution in [-0.4, -0.2) is 82.3 Å². The molecule has 0 saturated carbocycles. The molecule has 0 amide bonds. The van der Waals surface area contributed by atoms with Gasteiger partial charge in [-0.15, -0.1) is 0 Å². The molecule has 9 nitrogen and oxygen atoms in total. The highest BCUT2D eigenvalue weighted by atomic mass is 16.7. The SMILES string of the molecule is CC/C=C\C/C=C\C/C=C\C/C=C\C/C=C\CCCC(=O)OC(COC(=O)CCCCCCC/C=C\C/C=C\C/C=C\CC)COC(OCC[N+](C)(C)C)C(=O)[O-]. The number of aliphatic carboxylic acids is 1. The van der Waals surface area contributed by atoms with Crippen LogP contribution in [0.15, 0.2) is 97.2 Å². The molecule has 0 aliphatic rings. The number of ether oxygens (including phenoxy) is 4. The van der Waals surface area contributed by atoms with Crippen LogP contribution < -0.4 is 5.11 Å². The van der Waals surface area contributed by atoms with Crippen molar-refractivity contribution in [3.05, 3.63) is 97.2 Å². The topological polar surface area (TPSA) is 111 Å². The molecular formula is C48H77NO8. The first-order chi connectivity index (χ1) is 27.6. The molecule has 0 aromatic heterocycles. The summed E-state index contributed by atoms with van der Waals surface area (Å²) in [6.45, 7) is 4.38. The van der Waals surface area contributed by atoms with Gasteiger partial charge in [0.25, 0.3) is 0 Å². The smallest absolute Gasteiger partial charge is 0.306 e. The number of rotatable bonds is 37. The van der Waals surface area contributed by atoms with E-state index in [1.54, 1.807) is 0 Å². The van der Waals surface area contributed by atoms with E-state index in [0.717, 1.165) is 83.5 Å². The van der Waals surface area contributed by atoms with Crippen LogP contribution in [0.4, 0.5) is 0 Å². The Labute approximate surface area is 346 Å². The third kappa shape index (κ3) is 40.2. The lowest BCUT2D eigenvalue weighted by atomic mass is 10.1. The summed E-state index contributed by atoms with van der Waals surface area (Å²) < 4.78 is 22.4. The van der Waals surface area contributed by atoms with E-state index in [1.807, 2.05) is 27.2 Å². The molecule has 0 aromatic rings. The molecule has 322 valence electrons. The van der Waals surface area contributed by atoms with Gasteiger partial charge in [0.1, 0.15) is 13.2 Å². The van der Waals surface area contributed by atoms with Gasteiger partial charge in [0.2, 0.25) is 0 Å². The number of likely N-dealkylation sites (N-methyl/N-ethyl adjacent to an activating group) is 1. The molecule has 2 atom stereocenters. The summed E-state index contributed by atoms with van der Waals surface area (Å²) in [5.41, 5.74) is 0. The van der Waals surface area contributed by atoms with Crippen molar-refractivity contribution >= 4 is 17.9 Å². The molecule has 0 heterocycles. The maximum Gasteiger partial charge on any atom is 0.306 e. The summed E-state index contributed by atoms with van der Waals surface area (Å²) in [4.78, 5) is 36.9. The van der Waals surface area contributed by atoms with Crippen LogP contribution in [0.1, 0.15) is 129 Å². The Morgan fingerprint density at radius 1 is 0.526 bits per heavy atom. The van der Waals surface area contributed by atoms with E-state index in [1.165, 1.54) is 0 Å². The van der Waals surface area contributed by atoms with Crippen molar-refractivity contribution in [3.8, 4) is 0 Å². The second-order valence-corrected chi connectivity index (χ2v) is 14.9. The molecule has 57 heavy (non-hydrogen) atoms. The largest absolute Gasteiger partial charge is 0.545 e. The lowest BCUT2D eigenvalue weighted by molar-refractivity contribution is -0.870. The standard InChI is InChI=1S/C48H77NO8/c1-6-8-10-12-14-16-18-20-22-23-25-27-29-31-33-35-37-39-46(51)57-44(43-56-48(47(52)53)54-41-40-49(3,4)5)42-55-45(50)38-36-34-32-30-28-26-24-21-19-17-15-13-11-9-7-2/h8-11,14-17,20-22,24-25,27,31,33,44,48H,6-7,12-13,18-19,23,26,28-30,32,34-43H2,1-5H3/b10-8-,11-9-,16-14-,17-15-,22-20-,24-21-,27-25-,33-31-. The summed E-state index contributed by atoms with van der Waals surface area (Å²) in [5, 5.41) is 11.7. The van der Waals surface area contributed by atoms with Crippen molar-refractivity contribution < 1.29 is 42.9 Å². The fourth-order valence-corrected chi connectivity index (χ4v) is 5.05. The third-order valence-electron chi connectivity index (χ3n) is 8.33. The number of esters is 2. The molecule has 0 aliphatic carbocycles. The maximum atomic E-state index is 12.7. The van der Waals surface area contributed by atoms with Crippen LogP contribution in [0.2, 0.25) is 0 Å². The first-order valence-electron chi connectivity index (χ1n) is 21.4. The summed E-state index contributed by atoms with van der Waals surface area (Å²) in [6.07, 6.45) is 47.3. The molecule has 2 unspecified atom stereocenters. The van der Waals surface area contributed by atoms with Gasteiger partial charge in [-0.05, 0) is 83.5 Å². The first-order valence-corrected chi connectivity index (χ1v) is 21.4. The highest BCUT2D eigenvalue weighted by Gasteiger charge is 2.21. The number of hydrogen-bond donors (Lipinski definition) is 0. The van der Waals surface area contributed by atoms with Crippen LogP contribution >= 0.6 is 0 Å². The van der Waals surface area contributed by atoms with Gasteiger partial charge in [0.05, 0.1) is 40.3 Å². The Balaban J connectivity index is 4.63. The molecule has 0 aliphatic heterocycles. The average Bonchev–Trinajstić information content (AvgIpc) is 3.17. The minimum absolute atomic E-state index is 0.128. The fourth-order valence-electron chi connectivity index (χ4n) is 5.05. The van der Waals surface area contributed by atoms with E-state index in [2.05, 4.69) is 105 Å². The maximum absolute atomic E-state index is 12.7. The monoisotopic (exact) mass is 796 g/mol. The zero-order valence-corrected chi connectivity index (χ0v) is 36.2. The number of allylic oxidation sites excluding steroid dienone is 16. The van der Waals surface area contributed by atoms with Crippen molar-refractivity contribution in [3.63, 3.8) is 0 Å². The normalized spacial score (nSPS) is 13.9. The van der Waals surface area contributed by atoms with Gasteiger partial charge in [0.15, 0.2) is 12.4 Å². The van der Waals surface area contributed by atoms with Crippen LogP contribution in [0.25, 0.3) is 0 Å². The lowest BCUT2D eigenvalue weighted by Crippen LogP contribution is -2.44. The van der Waals surface area contributed by atoms with Gasteiger partial charge >= 0.3 is 11.9 Å². The molecule has 0 aromatic carbocycles. The Morgan fingerprint density at radius 2 is 0.965 bits per heavy atom. The van der Waals surface area contributed by atoms with Crippen LogP contribution in [0.3, 0.4) is 0 Å². The highest BCUT2D eigenvalue weighted by molar-refractivity contribution is 5.70. The van der Waals surface area contributed by atoms with E-state index < -0.39 is 30.3 Å². The van der Waals surface area contributed by atoms with E-state index in [9.17, 15) is 19.5 Å². The van der Waals surface area contributed by atoms with E-state index in [-0.39, 0.29) is 32.7 Å². The summed E-state index contributed by atoms with van der Waals surface area (Å²) in [5.74, 6) is -2.41. The quantitative estimate of drug-likeness (QED) is 0.0201. The zero-order valence-electron chi connectivity index (χ0n) is 36.2. The molecular weight excluding hydrogens is 719 g/mol. The summed E-state index contributed by atoms with van der Waals surface area (Å²) in [6, 6.07) is 0. The summed E-state index contributed by atoms with van der Waals surface area (Å²) >= 11 is 0. The number of carboxylic acid groups (broad SMARTS) is 1. The van der Waals surface area contributed by atoms with E-state index >= 15 is 0 Å². The van der Waals surface area contributed by atoms with Gasteiger partial charge in [-0.25, -0.2) is 0 Å². The molecule has 0 radical (unpaired) electrons. The highest BCUT2D eigenvalue weighted by Crippen LogP contribution is 2.11. The molecule has 0 N–H and O–H groups in total. The summed E-state index contributed by atoms with van der Waals surface area (Å²) in [7, 11) is 5.87. The predicted molar refractivity (Wildman–Crippen MR) is 232 cm³/mol. The Morgan fingerprint density at radius 3 is 1.46 bits per heavy atom. The van der Waals surface area contributed by atoms with Gasteiger partial charge in [-0.2, -0.15) is 0 Å². The number of unbranched alkanes of at least 4 members (excludes halogenated alkanes) is 6. The Hall–Kier alpha value is -3.79. The number of nitrogens with zero attached hydrogens (tertiary/aromatic N) is 1. The molecule has 0 bridgehead atoms. The fraction of sp³-hybridized carbons (Fsp3) is 0.604. The lowest BCUT2D eigenvalue weighted by Gasteiger charge is -2.26. The van der Waals surface area contributed by atoms with Crippen molar-refractivity contribution in [2.45, 2.75) is 142 Å². The number of quaternary nitrogens is 1. The minimum atomic E-state index is -1.64. The van der Waals surface area contributed by atoms with Gasteiger partial charge < -0.3 is 33.3 Å². The van der Waals surface area contributed by atoms with E-state index in [4.69, 9.17) is 18.9 Å². The molecule has 0 saturated heterocycles. The van der Waals surface area contributed by atoms with Crippen LogP contribution in [0, 0.1) is 0 Å². The number of carbonyl (C=O) groups excluding carboxylic acids is 3. The number of hydrogen-bond acceptors (Lipinski definition) is 8. The number of carbonyl (C=O) groups is 3. The van der Waals surface area contributed by atoms with Gasteiger partial charge in [-0.3, -0.25) is 9.59 Å². The molecule has 0 fully saturated rings.